The minimum Gasteiger partial charge on any atom is -0.452 e. The van der Waals surface area contributed by atoms with Crippen LogP contribution in [0.5, 0.6) is 11.5 Å². The van der Waals surface area contributed by atoms with E-state index in [-0.39, 0.29) is 6.54 Å². The molecule has 0 spiro atoms. The van der Waals surface area contributed by atoms with Crippen molar-refractivity contribution in [2.24, 2.45) is 0 Å². The maximum Gasteiger partial charge on any atom is 0.165 e. The number of aromatic nitrogens is 2. The molecule has 0 atom stereocenters. The predicted molar refractivity (Wildman–Crippen MR) is 59.8 cm³/mol. The van der Waals surface area contributed by atoms with Crippen LogP contribution in [0.3, 0.4) is 0 Å². The molecule has 0 radical (unpaired) electrons. The molecule has 16 heavy (non-hydrogen) atoms. The number of para-hydroxylation sites is 1. The van der Waals surface area contributed by atoms with Gasteiger partial charge in [0, 0.05) is 0 Å². The average Bonchev–Trinajstić information content (AvgIpc) is 2.70. The van der Waals surface area contributed by atoms with Crippen LogP contribution in [0.4, 0.5) is 0 Å². The number of carbonyl (C=O) groups excluding carboxylic acids is 1. The first-order valence-corrected chi connectivity index (χ1v) is 5.06. The van der Waals surface area contributed by atoms with Gasteiger partial charge in [-0.3, -0.25) is 4.68 Å². The number of rotatable bonds is 4. The van der Waals surface area contributed by atoms with Crippen molar-refractivity contribution in [1.29, 1.82) is 0 Å². The topological polar surface area (TPSA) is 44.1 Å². The lowest BCUT2D eigenvalue weighted by Gasteiger charge is -2.03. The van der Waals surface area contributed by atoms with Crippen molar-refractivity contribution in [2.45, 2.75) is 6.54 Å². The molecule has 2 aromatic rings. The molecule has 1 aromatic carbocycles. The van der Waals surface area contributed by atoms with Crippen molar-refractivity contribution in [1.82, 2.24) is 9.78 Å². The Bertz CT molecular complexity index is 496. The lowest BCUT2D eigenvalue weighted by Crippen LogP contribution is -1.97. The second-order valence-electron chi connectivity index (χ2n) is 3.10. The molecule has 0 aliphatic rings. The van der Waals surface area contributed by atoms with Gasteiger partial charge in [-0.2, -0.15) is 5.10 Å². The standard InChI is InChI=1S/C11H9ClN2O2/c12-10-3-1-2-4-11(10)16-9-7-13-14(8-9)5-6-15/h1-4,6-8H,5H2. The molecule has 0 bridgehead atoms. The van der Waals surface area contributed by atoms with E-state index in [4.69, 9.17) is 16.3 Å². The Morgan fingerprint density at radius 3 is 3.00 bits per heavy atom. The molecule has 0 N–H and O–H groups in total. The van der Waals surface area contributed by atoms with Crippen molar-refractivity contribution < 1.29 is 9.53 Å². The maximum absolute atomic E-state index is 10.3. The van der Waals surface area contributed by atoms with Crippen LogP contribution < -0.4 is 4.74 Å². The third-order valence-corrected chi connectivity index (χ3v) is 2.25. The van der Waals surface area contributed by atoms with Crippen molar-refractivity contribution in [2.75, 3.05) is 0 Å². The molecular weight excluding hydrogens is 228 g/mol. The molecule has 0 fully saturated rings. The summed E-state index contributed by atoms with van der Waals surface area (Å²) in [6.45, 7) is 0.214. The fraction of sp³-hybridized carbons (Fsp3) is 0.0909. The Kier molecular flexibility index (Phi) is 3.22. The molecule has 82 valence electrons. The molecule has 4 nitrogen and oxygen atoms in total. The van der Waals surface area contributed by atoms with Crippen LogP contribution in [-0.4, -0.2) is 16.1 Å². The molecule has 0 aliphatic carbocycles. The van der Waals surface area contributed by atoms with Crippen LogP contribution in [0, 0.1) is 0 Å². The summed E-state index contributed by atoms with van der Waals surface area (Å²) in [5.41, 5.74) is 0. The summed E-state index contributed by atoms with van der Waals surface area (Å²) < 4.78 is 6.99. The minimum absolute atomic E-state index is 0.214. The van der Waals surface area contributed by atoms with E-state index in [1.165, 1.54) is 10.9 Å². The Hall–Kier alpha value is -1.81. The van der Waals surface area contributed by atoms with Crippen molar-refractivity contribution in [3.05, 3.63) is 41.7 Å². The third kappa shape index (κ3) is 2.41. The molecule has 0 unspecified atom stereocenters. The molecule has 1 aromatic heterocycles. The van der Waals surface area contributed by atoms with Crippen LogP contribution >= 0.6 is 11.6 Å². The van der Waals surface area contributed by atoms with E-state index in [2.05, 4.69) is 5.10 Å². The van der Waals surface area contributed by atoms with Gasteiger partial charge in [-0.05, 0) is 12.1 Å². The summed E-state index contributed by atoms with van der Waals surface area (Å²) in [6, 6.07) is 7.16. The second-order valence-corrected chi connectivity index (χ2v) is 3.50. The molecule has 2 rings (SSSR count). The normalized spacial score (nSPS) is 10.1. The van der Waals surface area contributed by atoms with Gasteiger partial charge < -0.3 is 9.53 Å². The summed E-state index contributed by atoms with van der Waals surface area (Å²) in [5, 5.41) is 4.48. The van der Waals surface area contributed by atoms with Gasteiger partial charge in [0.25, 0.3) is 0 Å². The van der Waals surface area contributed by atoms with Gasteiger partial charge in [0.15, 0.2) is 5.75 Å². The van der Waals surface area contributed by atoms with Gasteiger partial charge in [0.2, 0.25) is 0 Å². The van der Waals surface area contributed by atoms with Crippen LogP contribution in [0.25, 0.3) is 0 Å². The van der Waals surface area contributed by atoms with Crippen molar-refractivity contribution in [3.63, 3.8) is 0 Å². The van der Waals surface area contributed by atoms with Crippen molar-refractivity contribution in [3.8, 4) is 11.5 Å². The number of halogens is 1. The fourth-order valence-electron chi connectivity index (χ4n) is 1.23. The SMILES string of the molecule is O=CCn1cc(Oc2ccccc2Cl)cn1. The maximum atomic E-state index is 10.3. The van der Waals surface area contributed by atoms with E-state index in [0.29, 0.717) is 16.5 Å². The molecule has 0 saturated carbocycles. The lowest BCUT2D eigenvalue weighted by molar-refractivity contribution is -0.108. The number of nitrogens with zero attached hydrogens (tertiary/aromatic N) is 2. The predicted octanol–water partition coefficient (Wildman–Crippen LogP) is 2.53. The van der Waals surface area contributed by atoms with Crippen LogP contribution in [-0.2, 0) is 11.3 Å². The lowest BCUT2D eigenvalue weighted by atomic mass is 10.3. The van der Waals surface area contributed by atoms with E-state index in [1.807, 2.05) is 12.1 Å². The number of hydrogen-bond acceptors (Lipinski definition) is 3. The van der Waals surface area contributed by atoms with Crippen LogP contribution in [0.2, 0.25) is 5.02 Å². The largest absolute Gasteiger partial charge is 0.452 e. The third-order valence-electron chi connectivity index (χ3n) is 1.94. The first-order chi connectivity index (χ1) is 7.79. The summed E-state index contributed by atoms with van der Waals surface area (Å²) in [4.78, 5) is 10.3. The molecule has 0 amide bonds. The van der Waals surface area contributed by atoms with Gasteiger partial charge in [-0.15, -0.1) is 0 Å². The average molecular weight is 237 g/mol. The van der Waals surface area contributed by atoms with Gasteiger partial charge in [-0.1, -0.05) is 23.7 Å². The second kappa shape index (κ2) is 4.81. The van der Waals surface area contributed by atoms with Gasteiger partial charge in [-0.25, -0.2) is 0 Å². The minimum atomic E-state index is 0.214. The smallest absolute Gasteiger partial charge is 0.165 e. The zero-order valence-electron chi connectivity index (χ0n) is 8.34. The van der Waals surface area contributed by atoms with E-state index < -0.39 is 0 Å². The number of carbonyl (C=O) groups is 1. The fourth-order valence-corrected chi connectivity index (χ4v) is 1.40. The molecule has 0 aliphatic heterocycles. The summed E-state index contributed by atoms with van der Waals surface area (Å²) >= 11 is 5.93. The number of hydrogen-bond donors (Lipinski definition) is 0. The van der Waals surface area contributed by atoms with E-state index in [1.54, 1.807) is 18.3 Å². The molecule has 0 saturated heterocycles. The molecular formula is C11H9ClN2O2. The Morgan fingerprint density at radius 2 is 2.25 bits per heavy atom. The highest BCUT2D eigenvalue weighted by Crippen LogP contribution is 2.28. The Morgan fingerprint density at radius 1 is 1.44 bits per heavy atom. The van der Waals surface area contributed by atoms with Gasteiger partial charge in [0.05, 0.1) is 24.0 Å². The number of benzene rings is 1. The number of ether oxygens (including phenoxy) is 1. The van der Waals surface area contributed by atoms with Crippen LogP contribution in [0.1, 0.15) is 0 Å². The van der Waals surface area contributed by atoms with Gasteiger partial charge in [0.1, 0.15) is 12.0 Å². The highest BCUT2D eigenvalue weighted by Gasteiger charge is 2.03. The highest BCUT2D eigenvalue weighted by molar-refractivity contribution is 6.32. The number of aldehydes is 1. The zero-order chi connectivity index (χ0) is 11.4. The Labute approximate surface area is 97.4 Å². The summed E-state index contributed by atoms with van der Waals surface area (Å²) in [5.74, 6) is 1.12. The monoisotopic (exact) mass is 236 g/mol. The molecule has 5 heteroatoms. The first kappa shape index (κ1) is 10.7. The highest BCUT2D eigenvalue weighted by atomic mass is 35.5. The molecule has 1 heterocycles. The quantitative estimate of drug-likeness (QED) is 0.767. The first-order valence-electron chi connectivity index (χ1n) is 4.68. The van der Waals surface area contributed by atoms with E-state index in [9.17, 15) is 4.79 Å². The summed E-state index contributed by atoms with van der Waals surface area (Å²) in [6.07, 6.45) is 3.94. The van der Waals surface area contributed by atoms with E-state index >= 15 is 0 Å². The van der Waals surface area contributed by atoms with E-state index in [0.717, 1.165) is 6.29 Å². The van der Waals surface area contributed by atoms with Crippen molar-refractivity contribution >= 4 is 17.9 Å². The zero-order valence-corrected chi connectivity index (χ0v) is 9.09. The Balaban J connectivity index is 2.14. The summed E-state index contributed by atoms with van der Waals surface area (Å²) in [7, 11) is 0. The van der Waals surface area contributed by atoms with Gasteiger partial charge >= 0.3 is 0 Å². The van der Waals surface area contributed by atoms with Crippen LogP contribution in [0.15, 0.2) is 36.7 Å².